The van der Waals surface area contributed by atoms with Crippen LogP contribution in [-0.2, 0) is 0 Å². The highest BCUT2D eigenvalue weighted by Crippen LogP contribution is 2.69. The van der Waals surface area contributed by atoms with Gasteiger partial charge >= 0.3 is 53.3 Å². The summed E-state index contributed by atoms with van der Waals surface area (Å²) < 4.78 is 281. The van der Waals surface area contributed by atoms with Crippen LogP contribution in [0.4, 0.5) is 79.0 Å². The summed E-state index contributed by atoms with van der Waals surface area (Å²) >= 11 is 3.89. The number of alkyl halides is 18. The molecule has 0 radical (unpaired) electrons. The minimum absolute atomic E-state index is 0.0211. The number of halogens is 18. The second-order valence-electron chi connectivity index (χ2n) is 17.0. The smallest absolute Gasteiger partial charge is 0.194 e. The summed E-state index contributed by atoms with van der Waals surface area (Å²) in [6, 6.07) is 5.27. The van der Waals surface area contributed by atoms with Gasteiger partial charge in [-0.25, -0.2) is 0 Å². The van der Waals surface area contributed by atoms with Crippen LogP contribution in [-0.4, -0.2) is 53.3 Å². The molecular weight excluding hydrogens is 1090 g/mol. The number of hydrogen-bond acceptors (Lipinski definition) is 6. The first-order valence-electron chi connectivity index (χ1n) is 20.1. The maximum atomic E-state index is 16.2. The number of allylic oxidation sites excluding steroid dienone is 6. The van der Waals surface area contributed by atoms with Crippen molar-refractivity contribution in [2.45, 2.75) is 102 Å². The Morgan fingerprint density at radius 3 is 0.771 bits per heavy atom. The van der Waals surface area contributed by atoms with Crippen molar-refractivity contribution in [1.82, 2.24) is 0 Å². The number of rotatable bonds is 8. The van der Waals surface area contributed by atoms with E-state index in [9.17, 15) is 0 Å². The average Bonchev–Trinajstić information content (AvgIpc) is 4.12. The first-order valence-corrected chi connectivity index (χ1v) is 25.1. The van der Waals surface area contributed by atoms with Gasteiger partial charge in [0, 0.05) is 87.1 Å². The van der Waals surface area contributed by atoms with Crippen molar-refractivity contribution in [3.63, 3.8) is 0 Å². The van der Waals surface area contributed by atoms with Gasteiger partial charge in [-0.15, -0.1) is 68.0 Å². The van der Waals surface area contributed by atoms with Gasteiger partial charge < -0.3 is 0 Å². The number of aryl methyl sites for hydroxylation is 7. The van der Waals surface area contributed by atoms with Crippen molar-refractivity contribution in [1.29, 1.82) is 0 Å². The van der Waals surface area contributed by atoms with Crippen LogP contribution in [0.1, 0.15) is 67.5 Å². The SMILES string of the molecule is Cc1cc(C2=C(c3cc(-c4cc(C5=C(c6cc(-c7cc(C8=C(c9cc(C)sc9C)C(F)(F)C(F)(F)C8(F)F)c(C)s7)sc6C)C(F)(F)C(F)(F)C5(F)F)c(C)s4)sc3C)C(F)(F)C(F)(F)C2(F)F)cs1. The van der Waals surface area contributed by atoms with E-state index in [1.165, 1.54) is 20.8 Å². The minimum atomic E-state index is -6.12. The lowest BCUT2D eigenvalue weighted by Gasteiger charge is -2.25. The van der Waals surface area contributed by atoms with Crippen molar-refractivity contribution in [2.24, 2.45) is 0 Å². The first kappa shape index (κ1) is 51.1. The second kappa shape index (κ2) is 15.4. The van der Waals surface area contributed by atoms with E-state index in [0.717, 1.165) is 92.1 Å². The van der Waals surface area contributed by atoms with E-state index < -0.39 is 120 Å². The normalized spacial score (nSPS) is 22.4. The van der Waals surface area contributed by atoms with Crippen LogP contribution < -0.4 is 0 Å². The fourth-order valence-electron chi connectivity index (χ4n) is 9.18. The molecule has 0 N–H and O–H groups in total. The monoisotopic (exact) mass is 1110 g/mol. The molecule has 0 aliphatic heterocycles. The van der Waals surface area contributed by atoms with Crippen molar-refractivity contribution in [3.05, 3.63) is 109 Å². The summed E-state index contributed by atoms with van der Waals surface area (Å²) in [6.07, 6.45) is 0. The van der Waals surface area contributed by atoms with Gasteiger partial charge in [0.2, 0.25) is 0 Å². The van der Waals surface area contributed by atoms with Crippen LogP contribution in [0.5, 0.6) is 0 Å². The van der Waals surface area contributed by atoms with E-state index in [4.69, 9.17) is 0 Å². The zero-order valence-electron chi connectivity index (χ0n) is 36.3. The molecule has 3 aliphatic carbocycles. The van der Waals surface area contributed by atoms with Gasteiger partial charge in [0.05, 0.1) is 0 Å². The molecule has 0 amide bonds. The van der Waals surface area contributed by atoms with Gasteiger partial charge in [-0.2, -0.15) is 79.0 Å². The maximum Gasteiger partial charge on any atom is 0.380 e. The lowest BCUT2D eigenvalue weighted by molar-refractivity contribution is -0.254. The summed E-state index contributed by atoms with van der Waals surface area (Å²) in [6.45, 7) is 8.58. The molecule has 0 bridgehead atoms. The Morgan fingerprint density at radius 2 is 0.529 bits per heavy atom. The molecule has 70 heavy (non-hydrogen) atoms. The molecular formula is C46H28F18S6. The maximum absolute atomic E-state index is 16.2. The average molecular weight is 1120 g/mol. The Morgan fingerprint density at radius 1 is 0.286 bits per heavy atom. The third-order valence-electron chi connectivity index (χ3n) is 12.6. The largest absolute Gasteiger partial charge is 0.380 e. The van der Waals surface area contributed by atoms with Crippen LogP contribution in [0.2, 0.25) is 0 Å². The van der Waals surface area contributed by atoms with Gasteiger partial charge in [-0.05, 0) is 124 Å². The molecule has 0 atom stereocenters. The fourth-order valence-corrected chi connectivity index (χ4v) is 15.1. The molecule has 6 aromatic heterocycles. The van der Waals surface area contributed by atoms with Crippen molar-refractivity contribution in [3.8, 4) is 19.5 Å². The Kier molecular flexibility index (Phi) is 11.2. The first-order chi connectivity index (χ1) is 31.9. The summed E-state index contributed by atoms with van der Waals surface area (Å²) in [7, 11) is 0. The number of hydrogen-bond donors (Lipinski definition) is 0. The zero-order chi connectivity index (χ0) is 52.0. The van der Waals surface area contributed by atoms with Crippen LogP contribution in [0.15, 0.2) is 41.8 Å². The highest BCUT2D eigenvalue weighted by atomic mass is 32.1. The summed E-state index contributed by atoms with van der Waals surface area (Å²) in [5.74, 6) is -51.0. The predicted octanol–water partition coefficient (Wildman–Crippen LogP) is 19.0. The Bertz CT molecular complexity index is 3300. The van der Waals surface area contributed by atoms with Crippen LogP contribution in [0.3, 0.4) is 0 Å². The highest BCUT2D eigenvalue weighted by Gasteiger charge is 2.83. The third kappa shape index (κ3) is 6.45. The van der Waals surface area contributed by atoms with E-state index in [0.29, 0.717) is 55.1 Å². The van der Waals surface area contributed by atoms with Crippen molar-refractivity contribution >= 4 is 101 Å². The fraction of sp³-hybridized carbons (Fsp3) is 0.348. The quantitative estimate of drug-likeness (QED) is 0.133. The zero-order valence-corrected chi connectivity index (χ0v) is 41.2. The van der Waals surface area contributed by atoms with E-state index >= 15 is 79.0 Å². The molecule has 0 fully saturated rings. The molecule has 374 valence electrons. The summed E-state index contributed by atoms with van der Waals surface area (Å²) in [4.78, 5) is -1.20. The predicted molar refractivity (Wildman–Crippen MR) is 242 cm³/mol. The third-order valence-corrected chi connectivity index (χ3v) is 19.0. The molecule has 0 nitrogen and oxygen atoms in total. The van der Waals surface area contributed by atoms with Crippen LogP contribution >= 0.6 is 68.0 Å². The van der Waals surface area contributed by atoms with E-state index in [1.54, 1.807) is 0 Å². The molecule has 6 heterocycles. The highest BCUT2D eigenvalue weighted by molar-refractivity contribution is 7.23. The summed E-state index contributed by atoms with van der Waals surface area (Å²) in [5, 5.41) is 0.995. The molecule has 0 spiro atoms. The van der Waals surface area contributed by atoms with Crippen molar-refractivity contribution in [2.75, 3.05) is 0 Å². The Hall–Kier alpha value is -3.84. The molecule has 3 aliphatic rings. The molecule has 9 rings (SSSR count). The van der Waals surface area contributed by atoms with Gasteiger partial charge in [0.15, 0.2) is 0 Å². The molecule has 24 heteroatoms. The lowest BCUT2D eigenvalue weighted by atomic mass is 9.94. The van der Waals surface area contributed by atoms with Crippen LogP contribution in [0, 0.1) is 48.5 Å². The number of thiophene rings is 6. The van der Waals surface area contributed by atoms with Crippen molar-refractivity contribution < 1.29 is 79.0 Å². The van der Waals surface area contributed by atoms with Crippen LogP contribution in [0.25, 0.3) is 52.9 Å². The van der Waals surface area contributed by atoms with E-state index in [1.807, 2.05) is 0 Å². The van der Waals surface area contributed by atoms with E-state index in [2.05, 4.69) is 0 Å². The van der Waals surface area contributed by atoms with Gasteiger partial charge in [-0.1, -0.05) is 0 Å². The molecule has 0 saturated heterocycles. The van der Waals surface area contributed by atoms with Gasteiger partial charge in [0.25, 0.3) is 0 Å². The van der Waals surface area contributed by atoms with Gasteiger partial charge in [-0.3, -0.25) is 0 Å². The molecule has 0 saturated carbocycles. The molecule has 0 aromatic carbocycles. The standard InChI is InChI=1S/C46H28F18S6/c1-15-8-22(14-65-15)32-33(39(49,50)44(59,60)38(32,47)48)24-10-28(67-18(24)4)29-12-26(20(6)69-29)36-37(43(57,58)46(63,64)42(36,55)56)27-13-31(70-21(27)7)30-11-25(19(5)68-30)35-34(23-9-16(2)66-17(23)3)40(51,52)45(61,62)41(35,53)54/h8-14H,1-7H3. The Labute approximate surface area is 408 Å². The minimum Gasteiger partial charge on any atom is -0.194 e. The van der Waals surface area contributed by atoms with Gasteiger partial charge in [0.1, 0.15) is 0 Å². The Balaban J connectivity index is 1.19. The summed E-state index contributed by atoms with van der Waals surface area (Å²) in [5.41, 5.74) is -14.9. The van der Waals surface area contributed by atoms with E-state index in [-0.39, 0.29) is 43.9 Å². The molecule has 6 aromatic rings. The molecule has 0 unspecified atom stereocenters. The second-order valence-corrected chi connectivity index (χ2v) is 24.6. The lowest BCUT2D eigenvalue weighted by Crippen LogP contribution is -2.48. The topological polar surface area (TPSA) is 0 Å².